The van der Waals surface area contributed by atoms with Crippen LogP contribution in [0.15, 0.2) is 40.9 Å². The third-order valence-corrected chi connectivity index (χ3v) is 4.89. The van der Waals surface area contributed by atoms with Crippen LogP contribution in [0.2, 0.25) is 0 Å². The average molecular weight is 316 g/mol. The molecular formula is C17H18BrN. The van der Waals surface area contributed by atoms with Gasteiger partial charge in [0.25, 0.3) is 0 Å². The fraction of sp³-hybridized carbons (Fsp3) is 0.294. The number of hydrogen-bond donors (Lipinski definition) is 1. The van der Waals surface area contributed by atoms with E-state index in [1.807, 2.05) is 0 Å². The Morgan fingerprint density at radius 3 is 2.47 bits per heavy atom. The summed E-state index contributed by atoms with van der Waals surface area (Å²) in [6.07, 6.45) is 3.71. The summed E-state index contributed by atoms with van der Waals surface area (Å²) in [5.41, 5.74) is 13.0. The summed E-state index contributed by atoms with van der Waals surface area (Å²) in [6, 6.07) is 13.1. The highest BCUT2D eigenvalue weighted by Gasteiger charge is 2.15. The van der Waals surface area contributed by atoms with Crippen LogP contribution in [0.5, 0.6) is 0 Å². The molecule has 1 atom stereocenters. The smallest absolute Gasteiger partial charge is 0.0552 e. The van der Waals surface area contributed by atoms with Gasteiger partial charge >= 0.3 is 0 Å². The highest BCUT2D eigenvalue weighted by molar-refractivity contribution is 9.10. The van der Waals surface area contributed by atoms with Crippen molar-refractivity contribution < 1.29 is 0 Å². The molecule has 0 aliphatic heterocycles. The lowest BCUT2D eigenvalue weighted by atomic mass is 9.96. The lowest BCUT2D eigenvalue weighted by molar-refractivity contribution is 0.865. The van der Waals surface area contributed by atoms with E-state index in [2.05, 4.69) is 59.3 Å². The fourth-order valence-electron chi connectivity index (χ4n) is 2.78. The van der Waals surface area contributed by atoms with Crippen molar-refractivity contribution in [2.75, 3.05) is 0 Å². The Hall–Kier alpha value is -1.12. The third kappa shape index (κ3) is 2.47. The van der Waals surface area contributed by atoms with Crippen LogP contribution in [0.25, 0.3) is 0 Å². The molecule has 2 aromatic rings. The number of fused-ring (bicyclic) bond motifs is 1. The zero-order valence-electron chi connectivity index (χ0n) is 11.1. The Bertz CT molecular complexity index is 619. The van der Waals surface area contributed by atoms with Gasteiger partial charge in [-0.1, -0.05) is 46.3 Å². The number of nitrogens with two attached hydrogens (primary N) is 1. The SMILES string of the molecule is Cc1ccc(C(N)c2ccc3c(c2)CCC3)cc1Br. The minimum absolute atomic E-state index is 0.0391. The van der Waals surface area contributed by atoms with Crippen LogP contribution in [0.1, 0.15) is 40.3 Å². The largest absolute Gasteiger partial charge is 0.320 e. The first-order valence-electron chi connectivity index (χ1n) is 6.78. The van der Waals surface area contributed by atoms with Gasteiger partial charge in [0.2, 0.25) is 0 Å². The standard InChI is InChI=1S/C17H18BrN/c1-11-5-6-15(10-16(11)18)17(19)14-8-7-12-3-2-4-13(12)9-14/h5-10,17H,2-4,19H2,1H3. The molecule has 0 spiro atoms. The number of benzene rings is 2. The Kier molecular flexibility index (Phi) is 3.46. The molecule has 0 fully saturated rings. The summed E-state index contributed by atoms with van der Waals surface area (Å²) in [5.74, 6) is 0. The molecule has 2 N–H and O–H groups in total. The van der Waals surface area contributed by atoms with Crippen LogP contribution in [0, 0.1) is 6.92 Å². The van der Waals surface area contributed by atoms with Crippen molar-refractivity contribution >= 4 is 15.9 Å². The van der Waals surface area contributed by atoms with E-state index in [1.54, 1.807) is 0 Å². The molecule has 1 unspecified atom stereocenters. The van der Waals surface area contributed by atoms with Crippen LogP contribution in [0.4, 0.5) is 0 Å². The van der Waals surface area contributed by atoms with E-state index >= 15 is 0 Å². The Labute approximate surface area is 123 Å². The van der Waals surface area contributed by atoms with E-state index in [1.165, 1.54) is 41.5 Å². The van der Waals surface area contributed by atoms with Crippen molar-refractivity contribution in [2.24, 2.45) is 5.73 Å². The maximum atomic E-state index is 6.41. The van der Waals surface area contributed by atoms with Crippen LogP contribution in [0.3, 0.4) is 0 Å². The highest BCUT2D eigenvalue weighted by atomic mass is 79.9. The lowest BCUT2D eigenvalue weighted by Gasteiger charge is -2.15. The minimum atomic E-state index is -0.0391. The first kappa shape index (κ1) is 12.9. The van der Waals surface area contributed by atoms with Gasteiger partial charge < -0.3 is 5.73 Å². The van der Waals surface area contributed by atoms with Gasteiger partial charge in [-0.2, -0.15) is 0 Å². The molecular weight excluding hydrogens is 298 g/mol. The first-order valence-corrected chi connectivity index (χ1v) is 7.58. The Morgan fingerprint density at radius 2 is 1.68 bits per heavy atom. The quantitative estimate of drug-likeness (QED) is 0.878. The second-order valence-corrected chi connectivity index (χ2v) is 6.22. The summed E-state index contributed by atoms with van der Waals surface area (Å²) < 4.78 is 1.13. The number of aryl methyl sites for hydroxylation is 3. The molecule has 2 aromatic carbocycles. The molecule has 3 rings (SSSR count). The number of rotatable bonds is 2. The predicted molar refractivity (Wildman–Crippen MR) is 83.4 cm³/mol. The maximum absolute atomic E-state index is 6.41. The molecule has 0 amide bonds. The van der Waals surface area contributed by atoms with E-state index < -0.39 is 0 Å². The fourth-order valence-corrected chi connectivity index (χ4v) is 3.18. The van der Waals surface area contributed by atoms with Crippen LogP contribution in [-0.2, 0) is 12.8 Å². The molecule has 2 heteroatoms. The highest BCUT2D eigenvalue weighted by Crippen LogP contribution is 2.29. The van der Waals surface area contributed by atoms with Gasteiger partial charge in [0.1, 0.15) is 0 Å². The van der Waals surface area contributed by atoms with Gasteiger partial charge in [-0.05, 0) is 60.1 Å². The Morgan fingerprint density at radius 1 is 1.00 bits per heavy atom. The van der Waals surface area contributed by atoms with Crippen molar-refractivity contribution in [3.05, 3.63) is 68.7 Å². The van der Waals surface area contributed by atoms with Gasteiger partial charge in [-0.3, -0.25) is 0 Å². The van der Waals surface area contributed by atoms with E-state index in [-0.39, 0.29) is 6.04 Å². The molecule has 0 aromatic heterocycles. The minimum Gasteiger partial charge on any atom is -0.320 e. The van der Waals surface area contributed by atoms with Gasteiger partial charge in [-0.25, -0.2) is 0 Å². The molecule has 98 valence electrons. The monoisotopic (exact) mass is 315 g/mol. The molecule has 19 heavy (non-hydrogen) atoms. The maximum Gasteiger partial charge on any atom is 0.0552 e. The van der Waals surface area contributed by atoms with E-state index in [4.69, 9.17) is 5.73 Å². The molecule has 1 nitrogen and oxygen atoms in total. The van der Waals surface area contributed by atoms with Crippen molar-refractivity contribution in [2.45, 2.75) is 32.2 Å². The van der Waals surface area contributed by atoms with E-state index in [0.717, 1.165) is 10.0 Å². The molecule has 0 bridgehead atoms. The third-order valence-electron chi connectivity index (χ3n) is 4.04. The normalized spacial score (nSPS) is 15.3. The lowest BCUT2D eigenvalue weighted by Crippen LogP contribution is -2.12. The summed E-state index contributed by atoms with van der Waals surface area (Å²) >= 11 is 3.58. The zero-order chi connectivity index (χ0) is 13.4. The van der Waals surface area contributed by atoms with Gasteiger partial charge in [0, 0.05) is 4.47 Å². The second kappa shape index (κ2) is 5.10. The van der Waals surface area contributed by atoms with Crippen molar-refractivity contribution in [1.29, 1.82) is 0 Å². The molecule has 1 aliphatic rings. The van der Waals surface area contributed by atoms with Crippen LogP contribution in [-0.4, -0.2) is 0 Å². The average Bonchev–Trinajstić information content (AvgIpc) is 2.88. The van der Waals surface area contributed by atoms with Crippen molar-refractivity contribution in [3.63, 3.8) is 0 Å². The molecule has 0 radical (unpaired) electrons. The predicted octanol–water partition coefficient (Wildman–Crippen LogP) is 4.29. The number of halogens is 1. The van der Waals surface area contributed by atoms with Gasteiger partial charge in [0.05, 0.1) is 6.04 Å². The molecule has 0 heterocycles. The summed E-state index contributed by atoms with van der Waals surface area (Å²) in [4.78, 5) is 0. The van der Waals surface area contributed by atoms with Crippen molar-refractivity contribution in [1.82, 2.24) is 0 Å². The van der Waals surface area contributed by atoms with E-state index in [9.17, 15) is 0 Å². The van der Waals surface area contributed by atoms with Gasteiger partial charge in [-0.15, -0.1) is 0 Å². The summed E-state index contributed by atoms with van der Waals surface area (Å²) in [5, 5.41) is 0. The van der Waals surface area contributed by atoms with Crippen LogP contribution >= 0.6 is 15.9 Å². The molecule has 0 saturated carbocycles. The topological polar surface area (TPSA) is 26.0 Å². The second-order valence-electron chi connectivity index (χ2n) is 5.37. The zero-order valence-corrected chi connectivity index (χ0v) is 12.7. The molecule has 0 saturated heterocycles. The van der Waals surface area contributed by atoms with Crippen LogP contribution < -0.4 is 5.73 Å². The first-order chi connectivity index (χ1) is 9.15. The van der Waals surface area contributed by atoms with Gasteiger partial charge in [0.15, 0.2) is 0 Å². The van der Waals surface area contributed by atoms with E-state index in [0.29, 0.717) is 0 Å². The molecule has 1 aliphatic carbocycles. The summed E-state index contributed by atoms with van der Waals surface area (Å²) in [7, 11) is 0. The Balaban J connectivity index is 1.94. The van der Waals surface area contributed by atoms with Crippen molar-refractivity contribution in [3.8, 4) is 0 Å². The summed E-state index contributed by atoms with van der Waals surface area (Å²) in [6.45, 7) is 2.09. The number of hydrogen-bond acceptors (Lipinski definition) is 1.